The number of carbonyl (C=O) groups is 1. The molecule has 2 aromatic carbocycles. The third-order valence-corrected chi connectivity index (χ3v) is 7.86. The summed E-state index contributed by atoms with van der Waals surface area (Å²) in [6.07, 6.45) is -0.807. The molecule has 0 spiro atoms. The fraction of sp³-hybridized carbons (Fsp3) is 0.316. The zero-order valence-corrected chi connectivity index (χ0v) is 16.6. The number of methoxy groups -OCH3 is 1. The molecule has 1 amide bonds. The highest BCUT2D eigenvalue weighted by Gasteiger charge is 2.50. The van der Waals surface area contributed by atoms with Crippen LogP contribution < -0.4 is 0 Å². The monoisotopic (exact) mass is 429 g/mol. The molecule has 9 heteroatoms. The smallest absolute Gasteiger partial charge is 0.409 e. The summed E-state index contributed by atoms with van der Waals surface area (Å²) in [6, 6.07) is 8.28. The van der Waals surface area contributed by atoms with Gasteiger partial charge in [0.15, 0.2) is 9.84 Å². The van der Waals surface area contributed by atoms with Crippen molar-refractivity contribution in [3.8, 4) is 0 Å². The topological polar surface area (TPSA) is 63.7 Å². The highest BCUT2D eigenvalue weighted by molar-refractivity contribution is 7.92. The number of nitrogens with zero attached hydrogens (tertiary/aromatic N) is 1. The molecule has 1 aliphatic rings. The first-order chi connectivity index (χ1) is 13.2. The number of halogens is 3. The van der Waals surface area contributed by atoms with Gasteiger partial charge >= 0.3 is 6.09 Å². The molecule has 0 N–H and O–H groups in total. The zero-order valence-electron chi connectivity index (χ0n) is 15.0. The van der Waals surface area contributed by atoms with Gasteiger partial charge in [0.25, 0.3) is 0 Å². The summed E-state index contributed by atoms with van der Waals surface area (Å²) < 4.78 is 58.7. The summed E-state index contributed by atoms with van der Waals surface area (Å²) in [4.78, 5) is 13.1. The molecule has 0 unspecified atom stereocenters. The van der Waals surface area contributed by atoms with Gasteiger partial charge in [0.2, 0.25) is 0 Å². The van der Waals surface area contributed by atoms with E-state index in [2.05, 4.69) is 4.74 Å². The molecule has 0 aromatic heterocycles. The average molecular weight is 430 g/mol. The number of hydrogen-bond donors (Lipinski definition) is 0. The van der Waals surface area contributed by atoms with Gasteiger partial charge in [-0.2, -0.15) is 0 Å². The molecule has 1 saturated heterocycles. The summed E-state index contributed by atoms with van der Waals surface area (Å²) in [7, 11) is -2.91. The van der Waals surface area contributed by atoms with Gasteiger partial charge in [0.1, 0.15) is 16.4 Å². The van der Waals surface area contributed by atoms with Crippen LogP contribution in [0.25, 0.3) is 0 Å². The molecule has 1 aliphatic heterocycles. The van der Waals surface area contributed by atoms with Crippen LogP contribution in [-0.2, 0) is 19.3 Å². The molecule has 0 radical (unpaired) electrons. The minimum absolute atomic E-state index is 0.0233. The maximum atomic E-state index is 14.7. The maximum absolute atomic E-state index is 14.7. The van der Waals surface area contributed by atoms with E-state index in [1.165, 1.54) is 36.3 Å². The number of sulfone groups is 1. The summed E-state index contributed by atoms with van der Waals surface area (Å²) >= 11 is 5.85. The second-order valence-electron chi connectivity index (χ2n) is 6.53. The Morgan fingerprint density at radius 3 is 2.29 bits per heavy atom. The van der Waals surface area contributed by atoms with E-state index >= 15 is 0 Å². The second-order valence-corrected chi connectivity index (χ2v) is 9.23. The van der Waals surface area contributed by atoms with Crippen LogP contribution in [0.5, 0.6) is 0 Å². The lowest BCUT2D eigenvalue weighted by Gasteiger charge is -2.41. The number of ether oxygens (including phenoxy) is 1. The predicted octanol–water partition coefficient (Wildman–Crippen LogP) is 4.15. The van der Waals surface area contributed by atoms with Crippen LogP contribution >= 0.6 is 11.6 Å². The van der Waals surface area contributed by atoms with E-state index in [1.54, 1.807) is 0 Å². The van der Waals surface area contributed by atoms with Gasteiger partial charge in [-0.15, -0.1) is 0 Å². The molecule has 5 nitrogen and oxygen atoms in total. The number of piperidine rings is 1. The summed E-state index contributed by atoms with van der Waals surface area (Å²) in [5.74, 6) is -1.55. The van der Waals surface area contributed by atoms with Gasteiger partial charge in [0, 0.05) is 23.7 Å². The van der Waals surface area contributed by atoms with Crippen molar-refractivity contribution in [2.45, 2.75) is 22.5 Å². The first-order valence-corrected chi connectivity index (χ1v) is 10.4. The Labute approximate surface area is 166 Å². The molecular weight excluding hydrogens is 412 g/mol. The lowest BCUT2D eigenvalue weighted by atomic mass is 9.88. The Balaban J connectivity index is 2.14. The molecule has 3 rings (SSSR count). The quantitative estimate of drug-likeness (QED) is 0.735. The number of hydrogen-bond acceptors (Lipinski definition) is 4. The molecule has 0 aliphatic carbocycles. The molecule has 2 aromatic rings. The molecule has 0 bridgehead atoms. The minimum Gasteiger partial charge on any atom is -0.453 e. The van der Waals surface area contributed by atoms with Gasteiger partial charge in [0.05, 0.1) is 12.0 Å². The van der Waals surface area contributed by atoms with Crippen LogP contribution in [0.15, 0.2) is 47.4 Å². The Morgan fingerprint density at radius 1 is 1.11 bits per heavy atom. The molecule has 1 heterocycles. The lowest BCUT2D eigenvalue weighted by molar-refractivity contribution is 0.108. The van der Waals surface area contributed by atoms with Gasteiger partial charge < -0.3 is 9.64 Å². The first-order valence-electron chi connectivity index (χ1n) is 8.50. The fourth-order valence-corrected chi connectivity index (χ4v) is 5.79. The normalized spacial score (nSPS) is 16.6. The van der Waals surface area contributed by atoms with E-state index in [0.717, 1.165) is 18.2 Å². The SMILES string of the molecule is COC(=O)N1CCC(c2cc(F)ccc2F)(S(=O)(=O)c2ccc(Cl)cc2)CC1. The van der Waals surface area contributed by atoms with Crippen LogP contribution in [0, 0.1) is 11.6 Å². The third-order valence-electron chi connectivity index (χ3n) is 5.06. The third kappa shape index (κ3) is 3.46. The molecular formula is C19H18ClF2NO4S. The Bertz CT molecular complexity index is 987. The molecule has 0 atom stereocenters. The Kier molecular flexibility index (Phi) is 5.63. The summed E-state index contributed by atoms with van der Waals surface area (Å²) in [5, 5.41) is 0.352. The van der Waals surface area contributed by atoms with Gasteiger partial charge in [-0.3, -0.25) is 0 Å². The van der Waals surface area contributed by atoms with Crippen LogP contribution in [0.1, 0.15) is 18.4 Å². The number of likely N-dealkylation sites (tertiary alicyclic amines) is 1. The standard InChI is InChI=1S/C19H18ClF2NO4S/c1-27-18(24)23-10-8-19(9-11-23,16-12-14(21)4-7-17(16)22)28(25,26)15-5-2-13(20)3-6-15/h2-7,12H,8-11H2,1H3. The fourth-order valence-electron chi connectivity index (χ4n) is 3.55. The van der Waals surface area contributed by atoms with Crippen LogP contribution in [0.2, 0.25) is 5.02 Å². The number of benzene rings is 2. The highest BCUT2D eigenvalue weighted by atomic mass is 35.5. The first kappa shape index (κ1) is 20.5. The van der Waals surface area contributed by atoms with E-state index < -0.39 is 32.3 Å². The molecule has 1 fully saturated rings. The van der Waals surface area contributed by atoms with E-state index in [-0.39, 0.29) is 36.4 Å². The van der Waals surface area contributed by atoms with Crippen molar-refractivity contribution in [2.24, 2.45) is 0 Å². The van der Waals surface area contributed by atoms with Crippen LogP contribution in [0.4, 0.5) is 13.6 Å². The molecule has 28 heavy (non-hydrogen) atoms. The zero-order chi connectivity index (χ0) is 20.5. The molecule has 150 valence electrons. The lowest BCUT2D eigenvalue weighted by Crippen LogP contribution is -2.49. The van der Waals surface area contributed by atoms with Crippen molar-refractivity contribution in [1.82, 2.24) is 4.90 Å². The predicted molar refractivity (Wildman–Crippen MR) is 99.9 cm³/mol. The highest BCUT2D eigenvalue weighted by Crippen LogP contribution is 2.45. The van der Waals surface area contributed by atoms with Gasteiger partial charge in [-0.25, -0.2) is 22.0 Å². The van der Waals surface area contributed by atoms with E-state index in [0.29, 0.717) is 5.02 Å². The van der Waals surface area contributed by atoms with Crippen molar-refractivity contribution in [3.63, 3.8) is 0 Å². The van der Waals surface area contributed by atoms with Gasteiger partial charge in [-0.05, 0) is 55.3 Å². The second kappa shape index (κ2) is 7.67. The number of amides is 1. The minimum atomic E-state index is -4.13. The van der Waals surface area contributed by atoms with Crippen molar-refractivity contribution in [3.05, 3.63) is 64.7 Å². The van der Waals surface area contributed by atoms with Crippen molar-refractivity contribution >= 4 is 27.5 Å². The Morgan fingerprint density at radius 2 is 1.71 bits per heavy atom. The average Bonchev–Trinajstić information content (AvgIpc) is 2.69. The van der Waals surface area contributed by atoms with Crippen molar-refractivity contribution in [2.75, 3.05) is 20.2 Å². The molecule has 0 saturated carbocycles. The van der Waals surface area contributed by atoms with E-state index in [9.17, 15) is 22.0 Å². The van der Waals surface area contributed by atoms with Crippen molar-refractivity contribution in [1.29, 1.82) is 0 Å². The van der Waals surface area contributed by atoms with E-state index in [1.807, 2.05) is 0 Å². The van der Waals surface area contributed by atoms with Gasteiger partial charge in [-0.1, -0.05) is 11.6 Å². The van der Waals surface area contributed by atoms with Crippen LogP contribution in [-0.4, -0.2) is 39.6 Å². The number of carbonyl (C=O) groups excluding carboxylic acids is 1. The maximum Gasteiger partial charge on any atom is 0.409 e. The summed E-state index contributed by atoms with van der Waals surface area (Å²) in [5.41, 5.74) is -0.244. The van der Waals surface area contributed by atoms with Crippen LogP contribution in [0.3, 0.4) is 0 Å². The number of rotatable bonds is 3. The van der Waals surface area contributed by atoms with E-state index in [4.69, 9.17) is 11.6 Å². The summed E-state index contributed by atoms with van der Waals surface area (Å²) in [6.45, 7) is 0.0465. The largest absolute Gasteiger partial charge is 0.453 e. The van der Waals surface area contributed by atoms with Crippen molar-refractivity contribution < 1.29 is 26.7 Å². The Hall–Kier alpha value is -2.19.